The summed E-state index contributed by atoms with van der Waals surface area (Å²) in [6.07, 6.45) is 0.934. The van der Waals surface area contributed by atoms with E-state index in [2.05, 4.69) is 23.5 Å². The molecule has 2 atom stereocenters. The molecule has 0 spiro atoms. The second-order valence-electron chi connectivity index (χ2n) is 5.02. The summed E-state index contributed by atoms with van der Waals surface area (Å²) in [5.74, 6) is 0.933. The maximum Gasteiger partial charge on any atom is 0.126 e. The van der Waals surface area contributed by atoms with Crippen LogP contribution in [0.4, 0.5) is 0 Å². The van der Waals surface area contributed by atoms with Crippen LogP contribution >= 0.6 is 0 Å². The summed E-state index contributed by atoms with van der Waals surface area (Å²) in [5, 5.41) is 12.4. The molecule has 20 heavy (non-hydrogen) atoms. The van der Waals surface area contributed by atoms with E-state index in [-0.39, 0.29) is 18.8 Å². The topological polar surface area (TPSA) is 41.5 Å². The van der Waals surface area contributed by atoms with Crippen LogP contribution in [0, 0.1) is 0 Å². The number of rotatable bonds is 4. The molecule has 104 valence electrons. The van der Waals surface area contributed by atoms with Gasteiger partial charge >= 0.3 is 0 Å². The number of aliphatic hydroxyl groups excluding tert-OH is 1. The second kappa shape index (κ2) is 6.07. The molecule has 0 saturated heterocycles. The van der Waals surface area contributed by atoms with Gasteiger partial charge in [-0.3, -0.25) is 0 Å². The molecule has 1 heterocycles. The highest BCUT2D eigenvalue weighted by Gasteiger charge is 2.28. The van der Waals surface area contributed by atoms with E-state index < -0.39 is 0 Å². The van der Waals surface area contributed by atoms with Crippen molar-refractivity contribution < 1.29 is 9.84 Å². The largest absolute Gasteiger partial charge is 0.485 e. The average Bonchev–Trinajstić information content (AvgIpc) is 2.53. The SMILES string of the molecule is OCCNC1CC(c2ccccc2)Oc2ccccc21. The molecule has 0 aromatic heterocycles. The number of benzene rings is 2. The van der Waals surface area contributed by atoms with E-state index in [1.54, 1.807) is 0 Å². The van der Waals surface area contributed by atoms with Gasteiger partial charge in [-0.1, -0.05) is 48.5 Å². The van der Waals surface area contributed by atoms with E-state index in [4.69, 9.17) is 9.84 Å². The quantitative estimate of drug-likeness (QED) is 0.896. The summed E-state index contributed by atoms with van der Waals surface area (Å²) >= 11 is 0. The third-order valence-corrected chi connectivity index (χ3v) is 3.69. The first kappa shape index (κ1) is 13.2. The van der Waals surface area contributed by atoms with Gasteiger partial charge in [0.25, 0.3) is 0 Å². The summed E-state index contributed by atoms with van der Waals surface area (Å²) in [6.45, 7) is 0.746. The molecule has 0 radical (unpaired) electrons. The van der Waals surface area contributed by atoms with Crippen molar-refractivity contribution in [3.63, 3.8) is 0 Å². The second-order valence-corrected chi connectivity index (χ2v) is 5.02. The molecule has 0 bridgehead atoms. The lowest BCUT2D eigenvalue weighted by Crippen LogP contribution is -2.30. The molecule has 0 aliphatic carbocycles. The summed E-state index contributed by atoms with van der Waals surface area (Å²) in [5.41, 5.74) is 2.37. The molecule has 3 heteroatoms. The van der Waals surface area contributed by atoms with Crippen LogP contribution < -0.4 is 10.1 Å². The van der Waals surface area contributed by atoms with Crippen LogP contribution in [0.2, 0.25) is 0 Å². The molecule has 2 aromatic carbocycles. The molecule has 0 fully saturated rings. The monoisotopic (exact) mass is 269 g/mol. The molecule has 1 aliphatic heterocycles. The Bertz CT molecular complexity index is 556. The lowest BCUT2D eigenvalue weighted by molar-refractivity contribution is 0.148. The first-order valence-corrected chi connectivity index (χ1v) is 7.03. The molecule has 2 unspecified atom stereocenters. The normalized spacial score (nSPS) is 21.1. The third kappa shape index (κ3) is 2.69. The van der Waals surface area contributed by atoms with Gasteiger partial charge in [0.05, 0.1) is 6.61 Å². The van der Waals surface area contributed by atoms with Gasteiger partial charge < -0.3 is 15.2 Å². The van der Waals surface area contributed by atoms with Crippen LogP contribution in [-0.4, -0.2) is 18.3 Å². The van der Waals surface area contributed by atoms with Gasteiger partial charge in [0, 0.05) is 24.6 Å². The highest BCUT2D eigenvalue weighted by molar-refractivity contribution is 5.39. The van der Waals surface area contributed by atoms with E-state index in [0.29, 0.717) is 6.54 Å². The van der Waals surface area contributed by atoms with Crippen molar-refractivity contribution in [2.45, 2.75) is 18.6 Å². The van der Waals surface area contributed by atoms with Crippen molar-refractivity contribution >= 4 is 0 Å². The minimum Gasteiger partial charge on any atom is -0.485 e. The van der Waals surface area contributed by atoms with Gasteiger partial charge in [-0.05, 0) is 11.6 Å². The zero-order valence-electron chi connectivity index (χ0n) is 11.3. The van der Waals surface area contributed by atoms with Crippen LogP contribution in [0.3, 0.4) is 0 Å². The zero-order valence-corrected chi connectivity index (χ0v) is 11.3. The summed E-state index contributed by atoms with van der Waals surface area (Å²) in [4.78, 5) is 0. The minimum atomic E-state index is 0.0577. The Balaban J connectivity index is 1.88. The maximum absolute atomic E-state index is 9.03. The van der Waals surface area contributed by atoms with E-state index in [1.165, 1.54) is 11.1 Å². The third-order valence-electron chi connectivity index (χ3n) is 3.69. The summed E-state index contributed by atoms with van der Waals surface area (Å²) in [7, 11) is 0. The Morgan fingerprint density at radius 2 is 1.80 bits per heavy atom. The predicted octanol–water partition coefficient (Wildman–Crippen LogP) is 2.83. The fraction of sp³-hybridized carbons (Fsp3) is 0.294. The predicted molar refractivity (Wildman–Crippen MR) is 78.7 cm³/mol. The van der Waals surface area contributed by atoms with E-state index in [1.807, 2.05) is 36.4 Å². The zero-order chi connectivity index (χ0) is 13.8. The number of para-hydroxylation sites is 1. The first-order valence-electron chi connectivity index (χ1n) is 7.03. The van der Waals surface area contributed by atoms with Crippen LogP contribution in [0.1, 0.15) is 29.7 Å². The molecule has 3 rings (SSSR count). The van der Waals surface area contributed by atoms with E-state index >= 15 is 0 Å². The smallest absolute Gasteiger partial charge is 0.126 e. The Hall–Kier alpha value is -1.84. The van der Waals surface area contributed by atoms with Gasteiger partial charge in [-0.15, -0.1) is 0 Å². The number of aliphatic hydroxyl groups is 1. The van der Waals surface area contributed by atoms with Crippen molar-refractivity contribution in [2.24, 2.45) is 0 Å². The van der Waals surface area contributed by atoms with Crippen molar-refractivity contribution in [3.8, 4) is 5.75 Å². The van der Waals surface area contributed by atoms with Crippen molar-refractivity contribution in [3.05, 3.63) is 65.7 Å². The Kier molecular flexibility index (Phi) is 4.00. The molecule has 0 saturated carbocycles. The van der Waals surface area contributed by atoms with Crippen LogP contribution in [0.15, 0.2) is 54.6 Å². The van der Waals surface area contributed by atoms with Gasteiger partial charge in [0.1, 0.15) is 11.9 Å². The summed E-state index contributed by atoms with van der Waals surface area (Å²) < 4.78 is 6.13. The Morgan fingerprint density at radius 1 is 1.05 bits per heavy atom. The molecule has 2 aromatic rings. The van der Waals surface area contributed by atoms with E-state index in [9.17, 15) is 0 Å². The molecule has 3 nitrogen and oxygen atoms in total. The van der Waals surface area contributed by atoms with Crippen LogP contribution in [0.25, 0.3) is 0 Å². The number of fused-ring (bicyclic) bond motifs is 1. The number of hydrogen-bond donors (Lipinski definition) is 2. The Labute approximate surface area is 119 Å². The molecule has 0 amide bonds. The number of nitrogens with one attached hydrogen (secondary N) is 1. The van der Waals surface area contributed by atoms with Gasteiger partial charge in [0.2, 0.25) is 0 Å². The number of hydrogen-bond acceptors (Lipinski definition) is 3. The highest BCUT2D eigenvalue weighted by atomic mass is 16.5. The van der Waals surface area contributed by atoms with Gasteiger partial charge in [-0.25, -0.2) is 0 Å². The van der Waals surface area contributed by atoms with Crippen molar-refractivity contribution in [2.75, 3.05) is 13.2 Å². The van der Waals surface area contributed by atoms with Crippen molar-refractivity contribution in [1.29, 1.82) is 0 Å². The van der Waals surface area contributed by atoms with Crippen LogP contribution in [0.5, 0.6) is 5.75 Å². The Morgan fingerprint density at radius 3 is 2.60 bits per heavy atom. The maximum atomic E-state index is 9.03. The molecule has 2 N–H and O–H groups in total. The lowest BCUT2D eigenvalue weighted by atomic mass is 9.93. The van der Waals surface area contributed by atoms with Crippen LogP contribution in [-0.2, 0) is 0 Å². The first-order chi connectivity index (χ1) is 9.88. The van der Waals surface area contributed by atoms with Gasteiger partial charge in [0.15, 0.2) is 0 Å². The van der Waals surface area contributed by atoms with Crippen molar-refractivity contribution in [1.82, 2.24) is 5.32 Å². The highest BCUT2D eigenvalue weighted by Crippen LogP contribution is 2.40. The lowest BCUT2D eigenvalue weighted by Gasteiger charge is -2.33. The molecular formula is C17H19NO2. The fourth-order valence-corrected chi connectivity index (χ4v) is 2.72. The molecule has 1 aliphatic rings. The minimum absolute atomic E-state index is 0.0577. The van der Waals surface area contributed by atoms with Gasteiger partial charge in [-0.2, -0.15) is 0 Å². The average molecular weight is 269 g/mol. The molecular weight excluding hydrogens is 250 g/mol. The standard InChI is InChI=1S/C17H19NO2/c19-11-10-18-15-12-17(13-6-2-1-3-7-13)20-16-9-5-4-8-14(15)16/h1-9,15,17-19H,10-12H2. The number of ether oxygens (including phenoxy) is 1. The van der Waals surface area contributed by atoms with E-state index in [0.717, 1.165) is 12.2 Å². The summed E-state index contributed by atoms with van der Waals surface area (Å²) in [6, 6.07) is 18.6. The fourth-order valence-electron chi connectivity index (χ4n) is 2.72.